The molecule has 0 fully saturated rings. The predicted octanol–water partition coefficient (Wildman–Crippen LogP) is 2.10. The summed E-state index contributed by atoms with van der Waals surface area (Å²) >= 11 is 11.6. The maximum Gasteiger partial charge on any atom is 0.156 e. The van der Waals surface area contributed by atoms with E-state index in [1.165, 1.54) is 0 Å². The summed E-state index contributed by atoms with van der Waals surface area (Å²) in [5, 5.41) is 1.33. The molecule has 10 heavy (non-hydrogen) atoms. The molecule has 0 aromatic heterocycles. The van der Waals surface area contributed by atoms with Gasteiger partial charge in [0.05, 0.1) is 10.0 Å². The minimum atomic E-state index is 0.640. The molecule has 0 atom stereocenters. The van der Waals surface area contributed by atoms with Crippen LogP contribution < -0.4 is 5.46 Å². The third-order valence-corrected chi connectivity index (χ3v) is 2.27. The van der Waals surface area contributed by atoms with Gasteiger partial charge in [0.15, 0.2) is 7.28 Å². The second kappa shape index (κ2) is 3.31. The fraction of sp³-hybridized carbons (Fsp3) is 0.143. The number of halogens is 2. The standard InChI is InChI=1S/C7H7BCl2/c1-8-5-3-2-4-6(9)7(5)10/h2-4,8H,1H3. The van der Waals surface area contributed by atoms with Gasteiger partial charge in [-0.2, -0.15) is 0 Å². The highest BCUT2D eigenvalue weighted by Gasteiger charge is 2.00. The maximum absolute atomic E-state index is 5.86. The highest BCUT2D eigenvalue weighted by atomic mass is 35.5. The van der Waals surface area contributed by atoms with E-state index in [0.29, 0.717) is 10.0 Å². The van der Waals surface area contributed by atoms with Crippen molar-refractivity contribution in [1.82, 2.24) is 0 Å². The van der Waals surface area contributed by atoms with Crippen LogP contribution in [0.5, 0.6) is 0 Å². The van der Waals surface area contributed by atoms with Crippen LogP contribution >= 0.6 is 23.2 Å². The minimum absolute atomic E-state index is 0.640. The zero-order chi connectivity index (χ0) is 7.56. The van der Waals surface area contributed by atoms with Crippen molar-refractivity contribution >= 4 is 35.9 Å². The van der Waals surface area contributed by atoms with Crippen molar-refractivity contribution in [2.75, 3.05) is 0 Å². The Hall–Kier alpha value is -0.135. The summed E-state index contributed by atoms with van der Waals surface area (Å²) in [6.07, 6.45) is 0. The zero-order valence-electron chi connectivity index (χ0n) is 5.70. The van der Waals surface area contributed by atoms with Gasteiger partial charge < -0.3 is 0 Å². The predicted molar refractivity (Wildman–Crippen MR) is 49.1 cm³/mol. The molecule has 0 amide bonds. The SMILES string of the molecule is CBc1cccc(Cl)c1Cl. The zero-order valence-corrected chi connectivity index (χ0v) is 7.21. The third kappa shape index (κ3) is 1.47. The molecule has 1 aromatic rings. The van der Waals surface area contributed by atoms with Crippen molar-refractivity contribution in [3.63, 3.8) is 0 Å². The molecular weight excluding hydrogens is 166 g/mol. The van der Waals surface area contributed by atoms with E-state index in [0.717, 1.165) is 12.7 Å². The number of hydrogen-bond acceptors (Lipinski definition) is 0. The Bertz CT molecular complexity index is 235. The Morgan fingerprint density at radius 1 is 1.30 bits per heavy atom. The summed E-state index contributed by atoms with van der Waals surface area (Å²) in [6, 6.07) is 5.68. The first-order valence-electron chi connectivity index (χ1n) is 3.18. The lowest BCUT2D eigenvalue weighted by molar-refractivity contribution is 1.76. The van der Waals surface area contributed by atoms with Crippen molar-refractivity contribution in [2.45, 2.75) is 6.82 Å². The van der Waals surface area contributed by atoms with E-state index in [9.17, 15) is 0 Å². The molecule has 3 heteroatoms. The minimum Gasteiger partial charge on any atom is -0.0848 e. The third-order valence-electron chi connectivity index (χ3n) is 1.41. The molecule has 0 unspecified atom stereocenters. The first kappa shape index (κ1) is 7.97. The van der Waals surface area contributed by atoms with Crippen molar-refractivity contribution in [1.29, 1.82) is 0 Å². The molecule has 1 aromatic carbocycles. The van der Waals surface area contributed by atoms with Gasteiger partial charge in [-0.25, -0.2) is 0 Å². The first-order chi connectivity index (χ1) is 4.75. The molecule has 0 bridgehead atoms. The molecule has 0 N–H and O–H groups in total. The molecule has 1 rings (SSSR count). The molecule has 0 aliphatic rings. The largest absolute Gasteiger partial charge is 0.156 e. The smallest absolute Gasteiger partial charge is 0.0848 e. The molecular formula is C7H7BCl2. The maximum atomic E-state index is 5.86. The number of benzene rings is 1. The second-order valence-corrected chi connectivity index (χ2v) is 2.85. The van der Waals surface area contributed by atoms with Gasteiger partial charge in [-0.1, -0.05) is 47.6 Å². The van der Waals surface area contributed by atoms with Gasteiger partial charge >= 0.3 is 0 Å². The van der Waals surface area contributed by atoms with E-state index in [-0.39, 0.29) is 0 Å². The molecule has 0 aliphatic carbocycles. The Kier molecular flexibility index (Phi) is 2.64. The normalized spacial score (nSPS) is 9.50. The van der Waals surface area contributed by atoms with Crippen molar-refractivity contribution in [3.05, 3.63) is 28.2 Å². The molecule has 52 valence electrons. The lowest BCUT2D eigenvalue weighted by Gasteiger charge is -1.99. The Labute approximate surface area is 71.4 Å². The fourth-order valence-electron chi connectivity index (χ4n) is 0.822. The van der Waals surface area contributed by atoms with E-state index < -0.39 is 0 Å². The topological polar surface area (TPSA) is 0 Å². The Balaban J connectivity index is 3.14. The summed E-state index contributed by atoms with van der Waals surface area (Å²) in [4.78, 5) is 0. The first-order valence-corrected chi connectivity index (χ1v) is 3.94. The van der Waals surface area contributed by atoms with Crippen LogP contribution in [0.15, 0.2) is 18.2 Å². The van der Waals surface area contributed by atoms with E-state index >= 15 is 0 Å². The van der Waals surface area contributed by atoms with Gasteiger partial charge in [0.25, 0.3) is 0 Å². The summed E-state index contributed by atoms with van der Waals surface area (Å²) in [6.45, 7) is 2.05. The molecule has 0 saturated carbocycles. The van der Waals surface area contributed by atoms with E-state index in [4.69, 9.17) is 23.2 Å². The van der Waals surface area contributed by atoms with Gasteiger partial charge in [0, 0.05) is 0 Å². The lowest BCUT2D eigenvalue weighted by Crippen LogP contribution is -2.11. The van der Waals surface area contributed by atoms with Crippen LogP contribution in [-0.2, 0) is 0 Å². The average Bonchev–Trinajstić information content (AvgIpc) is 1.95. The number of rotatable bonds is 1. The highest BCUT2D eigenvalue weighted by molar-refractivity contribution is 6.59. The van der Waals surface area contributed by atoms with Gasteiger partial charge in [-0.05, 0) is 6.07 Å². The van der Waals surface area contributed by atoms with Gasteiger partial charge in [-0.3, -0.25) is 0 Å². The van der Waals surface area contributed by atoms with Crippen molar-refractivity contribution in [3.8, 4) is 0 Å². The van der Waals surface area contributed by atoms with Crippen LogP contribution in [0.4, 0.5) is 0 Å². The van der Waals surface area contributed by atoms with Crippen LogP contribution in [0.3, 0.4) is 0 Å². The molecule has 0 spiro atoms. The lowest BCUT2D eigenvalue weighted by atomic mass is 9.73. The van der Waals surface area contributed by atoms with Crippen molar-refractivity contribution in [2.24, 2.45) is 0 Å². The van der Waals surface area contributed by atoms with Crippen LogP contribution in [-0.4, -0.2) is 7.28 Å². The van der Waals surface area contributed by atoms with Gasteiger partial charge in [0.1, 0.15) is 0 Å². The Morgan fingerprint density at radius 3 is 2.50 bits per heavy atom. The van der Waals surface area contributed by atoms with Crippen LogP contribution in [0, 0.1) is 0 Å². The summed E-state index contributed by atoms with van der Waals surface area (Å²) in [7, 11) is 0.930. The average molecular weight is 173 g/mol. The Morgan fingerprint density at radius 2 is 2.00 bits per heavy atom. The van der Waals surface area contributed by atoms with E-state index in [2.05, 4.69) is 6.82 Å². The van der Waals surface area contributed by atoms with Crippen molar-refractivity contribution < 1.29 is 0 Å². The summed E-state index contributed by atoms with van der Waals surface area (Å²) in [5.74, 6) is 0. The molecule has 0 saturated heterocycles. The van der Waals surface area contributed by atoms with Gasteiger partial charge in [-0.15, -0.1) is 0 Å². The molecule has 0 aliphatic heterocycles. The second-order valence-electron chi connectivity index (χ2n) is 2.07. The van der Waals surface area contributed by atoms with Crippen LogP contribution in [0.25, 0.3) is 0 Å². The van der Waals surface area contributed by atoms with Crippen LogP contribution in [0.2, 0.25) is 16.9 Å². The molecule has 0 radical (unpaired) electrons. The fourth-order valence-corrected chi connectivity index (χ4v) is 1.28. The quantitative estimate of drug-likeness (QED) is 0.570. The van der Waals surface area contributed by atoms with E-state index in [1.807, 2.05) is 12.1 Å². The molecule has 0 nitrogen and oxygen atoms in total. The summed E-state index contributed by atoms with van der Waals surface area (Å²) < 4.78 is 0. The highest BCUT2D eigenvalue weighted by Crippen LogP contribution is 2.17. The monoisotopic (exact) mass is 172 g/mol. The van der Waals surface area contributed by atoms with Crippen LogP contribution in [0.1, 0.15) is 0 Å². The summed E-state index contributed by atoms with van der Waals surface area (Å²) in [5.41, 5.74) is 1.11. The number of hydrogen-bond donors (Lipinski definition) is 0. The van der Waals surface area contributed by atoms with E-state index in [1.54, 1.807) is 6.07 Å². The molecule has 0 heterocycles. The van der Waals surface area contributed by atoms with Gasteiger partial charge in [0.2, 0.25) is 0 Å².